The topological polar surface area (TPSA) is 96.3 Å². The van der Waals surface area contributed by atoms with Crippen molar-refractivity contribution in [1.82, 2.24) is 4.90 Å². The van der Waals surface area contributed by atoms with Gasteiger partial charge in [0.2, 0.25) is 0 Å². The molecule has 2 aromatic rings. The molecule has 1 saturated heterocycles. The summed E-state index contributed by atoms with van der Waals surface area (Å²) in [6, 6.07) is 12.1. The van der Waals surface area contributed by atoms with Gasteiger partial charge >= 0.3 is 0 Å². The van der Waals surface area contributed by atoms with Crippen LogP contribution in [0.1, 0.15) is 23.6 Å². The van der Waals surface area contributed by atoms with Crippen molar-refractivity contribution < 1.29 is 29.3 Å². The van der Waals surface area contributed by atoms with E-state index < -0.39 is 17.7 Å². The number of aliphatic hydroxyl groups excluding tert-OH is 1. The van der Waals surface area contributed by atoms with Crippen molar-refractivity contribution in [2.75, 3.05) is 26.9 Å². The number of carbonyl (C=O) groups is 2. The number of aromatic hydroxyl groups is 1. The molecule has 1 aliphatic rings. The molecule has 0 saturated carbocycles. The molecule has 0 bridgehead atoms. The molecule has 2 aromatic carbocycles. The Morgan fingerprint density at radius 3 is 2.42 bits per heavy atom. The number of phenols is 1. The molecule has 2 N–H and O–H groups in total. The zero-order valence-electron chi connectivity index (χ0n) is 17.3. The average Bonchev–Trinajstić information content (AvgIpc) is 3.03. The van der Waals surface area contributed by atoms with Crippen LogP contribution in [-0.4, -0.2) is 53.7 Å². The van der Waals surface area contributed by atoms with Gasteiger partial charge in [0.15, 0.2) is 0 Å². The minimum Gasteiger partial charge on any atom is -0.508 e. The third-order valence-electron chi connectivity index (χ3n) is 4.99. The Labute approximate surface area is 180 Å². The van der Waals surface area contributed by atoms with Gasteiger partial charge in [-0.3, -0.25) is 9.59 Å². The van der Waals surface area contributed by atoms with Crippen LogP contribution in [0.25, 0.3) is 5.76 Å². The number of amides is 1. The van der Waals surface area contributed by atoms with Gasteiger partial charge in [-0.25, -0.2) is 0 Å². The molecule has 0 aromatic heterocycles. The number of likely N-dealkylation sites (tertiary alicyclic amines) is 1. The number of hydrogen-bond acceptors (Lipinski definition) is 6. The second-order valence-corrected chi connectivity index (χ2v) is 7.05. The molecular weight excluding hydrogens is 398 g/mol. The lowest BCUT2D eigenvalue weighted by molar-refractivity contribution is -0.140. The number of methoxy groups -OCH3 is 1. The molecule has 0 radical (unpaired) electrons. The van der Waals surface area contributed by atoms with Crippen LogP contribution in [0.15, 0.2) is 66.8 Å². The van der Waals surface area contributed by atoms with Crippen molar-refractivity contribution in [3.8, 4) is 11.5 Å². The molecule has 1 heterocycles. The van der Waals surface area contributed by atoms with Gasteiger partial charge in [0, 0.05) is 25.8 Å². The summed E-state index contributed by atoms with van der Waals surface area (Å²) >= 11 is 0. The zero-order chi connectivity index (χ0) is 22.4. The molecule has 7 heteroatoms. The van der Waals surface area contributed by atoms with E-state index in [2.05, 4.69) is 6.58 Å². The second-order valence-electron chi connectivity index (χ2n) is 7.05. The Morgan fingerprint density at radius 2 is 1.81 bits per heavy atom. The minimum atomic E-state index is -0.769. The predicted octanol–water partition coefficient (Wildman–Crippen LogP) is 3.42. The van der Waals surface area contributed by atoms with Crippen molar-refractivity contribution in [2.24, 2.45) is 0 Å². The third-order valence-corrected chi connectivity index (χ3v) is 4.99. The van der Waals surface area contributed by atoms with Crippen LogP contribution >= 0.6 is 0 Å². The van der Waals surface area contributed by atoms with E-state index >= 15 is 0 Å². The molecule has 31 heavy (non-hydrogen) atoms. The van der Waals surface area contributed by atoms with Crippen LogP contribution in [0, 0.1) is 0 Å². The van der Waals surface area contributed by atoms with Gasteiger partial charge < -0.3 is 24.6 Å². The number of carbonyl (C=O) groups excluding carboxylic acids is 2. The number of ether oxygens (including phenoxy) is 2. The highest BCUT2D eigenvalue weighted by atomic mass is 16.5. The monoisotopic (exact) mass is 423 g/mol. The lowest BCUT2D eigenvalue weighted by Crippen LogP contribution is -2.31. The third kappa shape index (κ3) is 4.78. The number of nitrogens with zero attached hydrogens (tertiary/aromatic N) is 1. The number of ketones is 1. The lowest BCUT2D eigenvalue weighted by Gasteiger charge is -2.25. The quantitative estimate of drug-likeness (QED) is 0.211. The highest BCUT2D eigenvalue weighted by Crippen LogP contribution is 2.40. The van der Waals surface area contributed by atoms with Crippen molar-refractivity contribution in [1.29, 1.82) is 0 Å². The van der Waals surface area contributed by atoms with E-state index in [9.17, 15) is 19.8 Å². The van der Waals surface area contributed by atoms with Crippen LogP contribution in [0.3, 0.4) is 0 Å². The van der Waals surface area contributed by atoms with E-state index in [1.54, 1.807) is 49.6 Å². The fraction of sp³-hybridized carbons (Fsp3) is 0.250. The number of aliphatic hydroxyl groups is 1. The highest BCUT2D eigenvalue weighted by Gasteiger charge is 2.45. The van der Waals surface area contributed by atoms with Crippen molar-refractivity contribution in [3.63, 3.8) is 0 Å². The molecule has 7 nitrogen and oxygen atoms in total. The smallest absolute Gasteiger partial charge is 0.295 e. The van der Waals surface area contributed by atoms with E-state index in [0.717, 1.165) is 0 Å². The van der Waals surface area contributed by atoms with E-state index in [0.29, 0.717) is 36.5 Å². The molecule has 0 aliphatic carbocycles. The first kappa shape index (κ1) is 22.1. The highest BCUT2D eigenvalue weighted by molar-refractivity contribution is 6.46. The summed E-state index contributed by atoms with van der Waals surface area (Å²) in [6.07, 6.45) is 2.16. The van der Waals surface area contributed by atoms with Gasteiger partial charge in [-0.05, 0) is 48.4 Å². The molecule has 1 atom stereocenters. The number of phenolic OH excluding ortho intramolecular Hbond substituents is 1. The van der Waals surface area contributed by atoms with E-state index in [-0.39, 0.29) is 23.6 Å². The minimum absolute atomic E-state index is 0.00728. The summed E-state index contributed by atoms with van der Waals surface area (Å²) in [7, 11) is 1.56. The summed E-state index contributed by atoms with van der Waals surface area (Å²) < 4.78 is 10.5. The van der Waals surface area contributed by atoms with Crippen LogP contribution in [0.4, 0.5) is 0 Å². The van der Waals surface area contributed by atoms with Crippen LogP contribution < -0.4 is 4.74 Å². The van der Waals surface area contributed by atoms with Crippen molar-refractivity contribution >= 4 is 17.4 Å². The molecule has 3 rings (SSSR count). The fourth-order valence-corrected chi connectivity index (χ4v) is 3.51. The van der Waals surface area contributed by atoms with Gasteiger partial charge in [0.25, 0.3) is 11.7 Å². The SMILES string of the molecule is C=CCOc1ccc(C(O)=C2C(=O)C(=O)N(CCCOC)C2c2ccc(O)cc2)cc1. The first-order valence-corrected chi connectivity index (χ1v) is 9.88. The maximum absolute atomic E-state index is 12.9. The molecule has 0 spiro atoms. The largest absolute Gasteiger partial charge is 0.508 e. The van der Waals surface area contributed by atoms with Gasteiger partial charge in [0.1, 0.15) is 23.9 Å². The summed E-state index contributed by atoms with van der Waals surface area (Å²) in [4.78, 5) is 27.1. The molecular formula is C24H25NO6. The lowest BCUT2D eigenvalue weighted by atomic mass is 9.95. The number of hydrogen-bond donors (Lipinski definition) is 2. The summed E-state index contributed by atoms with van der Waals surface area (Å²) in [5.41, 5.74) is 1.01. The molecule has 1 unspecified atom stereocenters. The normalized spacial score (nSPS) is 17.7. The number of benzene rings is 2. The van der Waals surface area contributed by atoms with Crippen molar-refractivity contribution in [3.05, 3.63) is 77.9 Å². The van der Waals surface area contributed by atoms with E-state index in [4.69, 9.17) is 9.47 Å². The fourth-order valence-electron chi connectivity index (χ4n) is 3.51. The Morgan fingerprint density at radius 1 is 1.13 bits per heavy atom. The number of rotatable bonds is 9. The molecule has 1 amide bonds. The molecule has 1 aliphatic heterocycles. The Bertz CT molecular complexity index is 978. The van der Waals surface area contributed by atoms with Crippen molar-refractivity contribution in [2.45, 2.75) is 12.5 Å². The Balaban J connectivity index is 2.03. The first-order chi connectivity index (χ1) is 15.0. The summed E-state index contributed by atoms with van der Waals surface area (Å²) in [5, 5.41) is 20.6. The van der Waals surface area contributed by atoms with Gasteiger partial charge in [-0.15, -0.1) is 0 Å². The summed E-state index contributed by atoms with van der Waals surface area (Å²) in [5.74, 6) is -1.04. The molecule has 1 fully saturated rings. The zero-order valence-corrected chi connectivity index (χ0v) is 17.3. The van der Waals surface area contributed by atoms with Gasteiger partial charge in [-0.2, -0.15) is 0 Å². The second kappa shape index (κ2) is 9.95. The summed E-state index contributed by atoms with van der Waals surface area (Å²) in [6.45, 7) is 4.66. The number of Topliss-reactive ketones (excluding diaryl/α,β-unsaturated/α-hetero) is 1. The Kier molecular flexibility index (Phi) is 7.10. The van der Waals surface area contributed by atoms with Crippen LogP contribution in [-0.2, 0) is 14.3 Å². The van der Waals surface area contributed by atoms with E-state index in [1.807, 2.05) is 0 Å². The van der Waals surface area contributed by atoms with E-state index in [1.165, 1.54) is 17.0 Å². The van der Waals surface area contributed by atoms with Gasteiger partial charge in [-0.1, -0.05) is 24.8 Å². The van der Waals surface area contributed by atoms with Crippen LogP contribution in [0.5, 0.6) is 11.5 Å². The van der Waals surface area contributed by atoms with Crippen LogP contribution in [0.2, 0.25) is 0 Å². The Hall–Kier alpha value is -3.58. The first-order valence-electron chi connectivity index (χ1n) is 9.88. The standard InChI is InChI=1S/C24H25NO6/c1-3-14-31-19-11-7-17(8-12-19)22(27)20-21(16-5-9-18(26)10-6-16)25(13-4-15-30-2)24(29)23(20)28/h3,5-12,21,26-27H,1,4,13-15H2,2H3. The average molecular weight is 423 g/mol. The van der Waals surface area contributed by atoms with Gasteiger partial charge in [0.05, 0.1) is 11.6 Å². The maximum atomic E-state index is 12.9. The molecule has 162 valence electrons. The maximum Gasteiger partial charge on any atom is 0.295 e. The predicted molar refractivity (Wildman–Crippen MR) is 116 cm³/mol.